The number of amides is 2. The first-order chi connectivity index (χ1) is 13.0. The Morgan fingerprint density at radius 1 is 1.04 bits per heavy atom. The Balaban J connectivity index is 1.76. The molecule has 0 fully saturated rings. The highest BCUT2D eigenvalue weighted by atomic mass is 16.5. The molecule has 1 aromatic heterocycles. The van der Waals surface area contributed by atoms with Crippen LogP contribution < -0.4 is 10.6 Å². The first-order valence-corrected chi connectivity index (χ1v) is 8.30. The number of nitrogens with one attached hydrogen (secondary N) is 2. The summed E-state index contributed by atoms with van der Waals surface area (Å²) in [6.07, 6.45) is 1.77. The lowest BCUT2D eigenvalue weighted by atomic mass is 10.1. The van der Waals surface area contributed by atoms with Gasteiger partial charge in [0.05, 0.1) is 12.7 Å². The van der Waals surface area contributed by atoms with Crippen LogP contribution in [0.5, 0.6) is 0 Å². The van der Waals surface area contributed by atoms with Crippen LogP contribution in [0.25, 0.3) is 10.9 Å². The third kappa shape index (κ3) is 3.98. The number of methoxy groups -OCH3 is 1. The van der Waals surface area contributed by atoms with Crippen LogP contribution in [0.4, 0.5) is 5.69 Å². The molecule has 1 heterocycles. The first kappa shape index (κ1) is 18.2. The van der Waals surface area contributed by atoms with Crippen LogP contribution >= 0.6 is 0 Å². The third-order valence-corrected chi connectivity index (χ3v) is 4.15. The molecule has 7 nitrogen and oxygen atoms in total. The SMILES string of the molecule is COC(=O)CNC(=O)c1cccc(NC(=O)c2cn(C)c3ccccc23)c1. The van der Waals surface area contributed by atoms with Crippen LogP contribution in [-0.4, -0.2) is 36.0 Å². The van der Waals surface area contributed by atoms with E-state index in [1.165, 1.54) is 7.11 Å². The number of carbonyl (C=O) groups excluding carboxylic acids is 3. The molecule has 2 N–H and O–H groups in total. The van der Waals surface area contributed by atoms with Crippen molar-refractivity contribution < 1.29 is 19.1 Å². The summed E-state index contributed by atoms with van der Waals surface area (Å²) in [6, 6.07) is 14.1. The quantitative estimate of drug-likeness (QED) is 0.679. The van der Waals surface area contributed by atoms with Gasteiger partial charge in [-0.1, -0.05) is 24.3 Å². The fraction of sp³-hybridized carbons (Fsp3) is 0.150. The number of para-hydroxylation sites is 1. The molecule has 0 spiro atoms. The van der Waals surface area contributed by atoms with Crippen LogP contribution in [-0.2, 0) is 16.6 Å². The predicted molar refractivity (Wildman–Crippen MR) is 102 cm³/mol. The van der Waals surface area contributed by atoms with Crippen molar-refractivity contribution in [3.05, 3.63) is 65.9 Å². The summed E-state index contributed by atoms with van der Waals surface area (Å²) in [5.74, 6) is -1.23. The van der Waals surface area contributed by atoms with Crippen molar-refractivity contribution in [1.29, 1.82) is 0 Å². The Hall–Kier alpha value is -3.61. The van der Waals surface area contributed by atoms with Gasteiger partial charge in [0, 0.05) is 35.4 Å². The van der Waals surface area contributed by atoms with E-state index in [0.717, 1.165) is 10.9 Å². The van der Waals surface area contributed by atoms with E-state index in [4.69, 9.17) is 0 Å². The maximum atomic E-state index is 12.7. The Bertz CT molecular complexity index is 1020. The molecule has 0 atom stereocenters. The number of hydrogen-bond acceptors (Lipinski definition) is 4. The highest BCUT2D eigenvalue weighted by Gasteiger charge is 2.15. The van der Waals surface area contributed by atoms with Gasteiger partial charge < -0.3 is 19.9 Å². The molecule has 27 heavy (non-hydrogen) atoms. The Kier molecular flexibility index (Phi) is 5.21. The van der Waals surface area contributed by atoms with Gasteiger partial charge in [-0.05, 0) is 24.3 Å². The lowest BCUT2D eigenvalue weighted by molar-refractivity contribution is -0.139. The van der Waals surface area contributed by atoms with Crippen molar-refractivity contribution in [2.75, 3.05) is 19.0 Å². The van der Waals surface area contributed by atoms with Crippen molar-refractivity contribution in [3.8, 4) is 0 Å². The van der Waals surface area contributed by atoms with E-state index in [1.54, 1.807) is 30.5 Å². The number of esters is 1. The minimum Gasteiger partial charge on any atom is -0.468 e. The zero-order valence-corrected chi connectivity index (χ0v) is 15.0. The molecule has 7 heteroatoms. The smallest absolute Gasteiger partial charge is 0.325 e. The van der Waals surface area contributed by atoms with Gasteiger partial charge in [0.1, 0.15) is 6.54 Å². The summed E-state index contributed by atoms with van der Waals surface area (Å²) in [7, 11) is 3.13. The summed E-state index contributed by atoms with van der Waals surface area (Å²) >= 11 is 0. The average Bonchev–Trinajstić information content (AvgIpc) is 3.03. The monoisotopic (exact) mass is 365 g/mol. The van der Waals surface area contributed by atoms with Gasteiger partial charge in [-0.25, -0.2) is 0 Å². The van der Waals surface area contributed by atoms with Crippen molar-refractivity contribution in [2.24, 2.45) is 7.05 Å². The summed E-state index contributed by atoms with van der Waals surface area (Å²) in [5, 5.41) is 6.12. The molecule has 0 unspecified atom stereocenters. The van der Waals surface area contributed by atoms with E-state index in [2.05, 4.69) is 15.4 Å². The van der Waals surface area contributed by atoms with Crippen LogP contribution in [0.2, 0.25) is 0 Å². The number of ether oxygens (including phenoxy) is 1. The molecule has 3 rings (SSSR count). The second-order valence-electron chi connectivity index (χ2n) is 5.96. The lowest BCUT2D eigenvalue weighted by Crippen LogP contribution is -2.30. The van der Waals surface area contributed by atoms with Crippen molar-refractivity contribution in [1.82, 2.24) is 9.88 Å². The molecule has 0 saturated carbocycles. The molecule has 0 aliphatic carbocycles. The highest BCUT2D eigenvalue weighted by molar-refractivity contribution is 6.13. The largest absolute Gasteiger partial charge is 0.468 e. The molecular weight excluding hydrogens is 346 g/mol. The van der Waals surface area contributed by atoms with Crippen LogP contribution in [0.3, 0.4) is 0 Å². The number of carbonyl (C=O) groups is 3. The molecular formula is C20H19N3O4. The van der Waals surface area contributed by atoms with Gasteiger partial charge >= 0.3 is 5.97 Å². The lowest BCUT2D eigenvalue weighted by Gasteiger charge is -2.08. The topological polar surface area (TPSA) is 89.4 Å². The van der Waals surface area contributed by atoms with E-state index in [9.17, 15) is 14.4 Å². The van der Waals surface area contributed by atoms with Gasteiger partial charge in [-0.3, -0.25) is 14.4 Å². The zero-order valence-electron chi connectivity index (χ0n) is 15.0. The Labute approximate surface area is 155 Å². The van der Waals surface area contributed by atoms with Crippen LogP contribution in [0, 0.1) is 0 Å². The number of nitrogens with zero attached hydrogens (tertiary/aromatic N) is 1. The highest BCUT2D eigenvalue weighted by Crippen LogP contribution is 2.21. The minimum absolute atomic E-state index is 0.220. The maximum Gasteiger partial charge on any atom is 0.325 e. The van der Waals surface area contributed by atoms with Gasteiger partial charge in [0.2, 0.25) is 0 Å². The molecule has 0 radical (unpaired) electrons. The maximum absolute atomic E-state index is 12.7. The summed E-state index contributed by atoms with van der Waals surface area (Å²) in [6.45, 7) is -0.220. The van der Waals surface area contributed by atoms with Crippen molar-refractivity contribution >= 4 is 34.4 Å². The molecule has 2 amide bonds. The van der Waals surface area contributed by atoms with Crippen molar-refractivity contribution in [2.45, 2.75) is 0 Å². The van der Waals surface area contributed by atoms with E-state index in [0.29, 0.717) is 16.8 Å². The van der Waals surface area contributed by atoms with E-state index >= 15 is 0 Å². The number of anilines is 1. The number of fused-ring (bicyclic) bond motifs is 1. The molecule has 0 aliphatic heterocycles. The second-order valence-corrected chi connectivity index (χ2v) is 5.96. The molecule has 3 aromatic rings. The molecule has 138 valence electrons. The van der Waals surface area contributed by atoms with Gasteiger partial charge in [0.25, 0.3) is 11.8 Å². The zero-order chi connectivity index (χ0) is 19.4. The standard InChI is InChI=1S/C20H19N3O4/c1-23-12-16(15-8-3-4-9-17(15)23)20(26)22-14-7-5-6-13(10-14)19(25)21-11-18(24)27-2/h3-10,12H,11H2,1-2H3,(H,21,25)(H,22,26). The van der Waals surface area contributed by atoms with Crippen LogP contribution in [0.1, 0.15) is 20.7 Å². The fourth-order valence-corrected chi connectivity index (χ4v) is 2.79. The normalized spacial score (nSPS) is 10.4. The van der Waals surface area contributed by atoms with Gasteiger partial charge in [-0.2, -0.15) is 0 Å². The van der Waals surface area contributed by atoms with E-state index in [-0.39, 0.29) is 12.5 Å². The van der Waals surface area contributed by atoms with E-state index < -0.39 is 11.9 Å². The number of benzene rings is 2. The number of rotatable bonds is 5. The minimum atomic E-state index is -0.538. The Morgan fingerprint density at radius 3 is 2.59 bits per heavy atom. The number of aromatic nitrogens is 1. The molecule has 2 aromatic carbocycles. The van der Waals surface area contributed by atoms with Crippen molar-refractivity contribution in [3.63, 3.8) is 0 Å². The summed E-state index contributed by atoms with van der Waals surface area (Å²) in [5.41, 5.74) is 2.32. The third-order valence-electron chi connectivity index (χ3n) is 4.15. The summed E-state index contributed by atoms with van der Waals surface area (Å²) in [4.78, 5) is 35.9. The fourth-order valence-electron chi connectivity index (χ4n) is 2.79. The predicted octanol–water partition coefficient (Wildman–Crippen LogP) is 2.33. The number of aryl methyl sites for hydroxylation is 1. The summed E-state index contributed by atoms with van der Waals surface area (Å²) < 4.78 is 6.38. The van der Waals surface area contributed by atoms with Gasteiger partial charge in [0.15, 0.2) is 0 Å². The molecule has 0 bridgehead atoms. The van der Waals surface area contributed by atoms with E-state index in [1.807, 2.05) is 35.9 Å². The second kappa shape index (κ2) is 7.74. The number of hydrogen-bond donors (Lipinski definition) is 2. The molecule has 0 saturated heterocycles. The van der Waals surface area contributed by atoms with Crippen LogP contribution in [0.15, 0.2) is 54.7 Å². The Morgan fingerprint density at radius 2 is 1.81 bits per heavy atom. The first-order valence-electron chi connectivity index (χ1n) is 8.30. The molecule has 0 aliphatic rings. The van der Waals surface area contributed by atoms with Gasteiger partial charge in [-0.15, -0.1) is 0 Å². The average molecular weight is 365 g/mol.